The van der Waals surface area contributed by atoms with Crippen molar-refractivity contribution in [3.8, 4) is 11.1 Å². The zero-order valence-electron chi connectivity index (χ0n) is 8.87. The molecule has 0 atom stereocenters. The van der Waals surface area contributed by atoms with Gasteiger partial charge < -0.3 is 0 Å². The monoisotopic (exact) mass is 220 g/mol. The van der Waals surface area contributed by atoms with E-state index in [0.717, 1.165) is 12.0 Å². The smallest absolute Gasteiger partial charge is 0.134 e. The first-order valence-electron chi connectivity index (χ1n) is 4.99. The maximum atomic E-state index is 6.17. The molecule has 0 saturated carbocycles. The van der Waals surface area contributed by atoms with Crippen LogP contribution in [-0.4, -0.2) is 9.78 Å². The van der Waals surface area contributed by atoms with Crippen molar-refractivity contribution >= 4 is 11.6 Å². The molecule has 2 aromatic rings. The van der Waals surface area contributed by atoms with Crippen LogP contribution in [0.2, 0.25) is 5.15 Å². The van der Waals surface area contributed by atoms with Crippen LogP contribution >= 0.6 is 11.6 Å². The minimum absolute atomic E-state index is 0.691. The molecule has 1 aromatic carbocycles. The van der Waals surface area contributed by atoms with E-state index in [1.807, 2.05) is 25.4 Å². The summed E-state index contributed by atoms with van der Waals surface area (Å²) >= 11 is 6.17. The van der Waals surface area contributed by atoms with E-state index in [1.165, 1.54) is 11.1 Å². The summed E-state index contributed by atoms with van der Waals surface area (Å²) in [6.45, 7) is 2.14. The summed E-state index contributed by atoms with van der Waals surface area (Å²) in [6, 6.07) is 8.28. The maximum Gasteiger partial charge on any atom is 0.134 e. The first-order valence-corrected chi connectivity index (χ1v) is 5.37. The number of hydrogen-bond donors (Lipinski definition) is 0. The van der Waals surface area contributed by atoms with Gasteiger partial charge in [-0.3, -0.25) is 4.68 Å². The summed E-state index contributed by atoms with van der Waals surface area (Å²) in [5, 5.41) is 4.84. The van der Waals surface area contributed by atoms with E-state index in [4.69, 9.17) is 11.6 Å². The van der Waals surface area contributed by atoms with Crippen molar-refractivity contribution in [1.82, 2.24) is 9.78 Å². The van der Waals surface area contributed by atoms with Crippen LogP contribution < -0.4 is 0 Å². The number of halogens is 1. The minimum atomic E-state index is 0.691. The molecule has 0 aliphatic heterocycles. The van der Waals surface area contributed by atoms with Gasteiger partial charge in [-0.05, 0) is 17.5 Å². The molecule has 0 unspecified atom stereocenters. The third-order valence-electron chi connectivity index (χ3n) is 2.55. The van der Waals surface area contributed by atoms with Crippen molar-refractivity contribution in [3.63, 3.8) is 0 Å². The van der Waals surface area contributed by atoms with Crippen molar-refractivity contribution in [2.45, 2.75) is 13.3 Å². The predicted octanol–water partition coefficient (Wildman–Crippen LogP) is 3.30. The van der Waals surface area contributed by atoms with Crippen LogP contribution in [0.4, 0.5) is 0 Å². The summed E-state index contributed by atoms with van der Waals surface area (Å²) in [5.41, 5.74) is 3.49. The molecule has 0 spiro atoms. The average Bonchev–Trinajstić information content (AvgIpc) is 2.60. The molecule has 0 radical (unpaired) electrons. The Bertz CT molecular complexity index is 474. The zero-order valence-corrected chi connectivity index (χ0v) is 9.62. The van der Waals surface area contributed by atoms with Crippen LogP contribution in [0.5, 0.6) is 0 Å². The van der Waals surface area contributed by atoms with Crippen molar-refractivity contribution < 1.29 is 0 Å². The summed E-state index contributed by atoms with van der Waals surface area (Å²) in [5.74, 6) is 0. The van der Waals surface area contributed by atoms with E-state index in [9.17, 15) is 0 Å². The van der Waals surface area contributed by atoms with Gasteiger partial charge in [0.15, 0.2) is 0 Å². The molecule has 0 aliphatic carbocycles. The van der Waals surface area contributed by atoms with Crippen LogP contribution in [0.15, 0.2) is 30.5 Å². The molecular formula is C12H13ClN2. The van der Waals surface area contributed by atoms with Crippen molar-refractivity contribution in [2.75, 3.05) is 0 Å². The first kappa shape index (κ1) is 10.2. The first-order chi connectivity index (χ1) is 7.24. The van der Waals surface area contributed by atoms with Gasteiger partial charge in [0, 0.05) is 12.6 Å². The van der Waals surface area contributed by atoms with Crippen LogP contribution in [0.25, 0.3) is 11.1 Å². The third-order valence-corrected chi connectivity index (χ3v) is 3.00. The highest BCUT2D eigenvalue weighted by atomic mass is 35.5. The van der Waals surface area contributed by atoms with Crippen LogP contribution in [0, 0.1) is 0 Å². The minimum Gasteiger partial charge on any atom is -0.256 e. The number of benzene rings is 1. The number of nitrogens with zero attached hydrogens (tertiary/aromatic N) is 2. The maximum absolute atomic E-state index is 6.17. The highest BCUT2D eigenvalue weighted by Gasteiger charge is 2.10. The molecular weight excluding hydrogens is 208 g/mol. The summed E-state index contributed by atoms with van der Waals surface area (Å²) in [6.07, 6.45) is 2.82. The largest absolute Gasteiger partial charge is 0.256 e. The Labute approximate surface area is 94.5 Å². The van der Waals surface area contributed by atoms with Gasteiger partial charge in [-0.2, -0.15) is 5.10 Å². The van der Waals surface area contributed by atoms with Gasteiger partial charge in [-0.25, -0.2) is 0 Å². The fourth-order valence-electron chi connectivity index (χ4n) is 1.69. The average molecular weight is 221 g/mol. The fourth-order valence-corrected chi connectivity index (χ4v) is 1.89. The van der Waals surface area contributed by atoms with Gasteiger partial charge in [0.1, 0.15) is 5.15 Å². The Balaban J connectivity index is 2.58. The topological polar surface area (TPSA) is 17.8 Å². The molecule has 1 aromatic heterocycles. The van der Waals surface area contributed by atoms with Crippen molar-refractivity contribution in [2.24, 2.45) is 7.05 Å². The molecule has 2 nitrogen and oxygen atoms in total. The van der Waals surface area contributed by atoms with Gasteiger partial charge >= 0.3 is 0 Å². The molecule has 3 heteroatoms. The predicted molar refractivity (Wildman–Crippen MR) is 63.0 cm³/mol. The third kappa shape index (κ3) is 1.77. The van der Waals surface area contributed by atoms with Gasteiger partial charge in [-0.15, -0.1) is 0 Å². The van der Waals surface area contributed by atoms with Gasteiger partial charge in [0.05, 0.1) is 6.20 Å². The Morgan fingerprint density at radius 3 is 2.60 bits per heavy atom. The second-order valence-corrected chi connectivity index (χ2v) is 3.84. The van der Waals surface area contributed by atoms with Gasteiger partial charge in [0.25, 0.3) is 0 Å². The summed E-state index contributed by atoms with van der Waals surface area (Å²) in [4.78, 5) is 0. The Morgan fingerprint density at radius 1 is 1.27 bits per heavy atom. The molecule has 0 bridgehead atoms. The van der Waals surface area contributed by atoms with E-state index in [0.29, 0.717) is 5.15 Å². The lowest BCUT2D eigenvalue weighted by Crippen LogP contribution is -1.90. The number of hydrogen-bond acceptors (Lipinski definition) is 1. The second-order valence-electron chi connectivity index (χ2n) is 3.48. The lowest BCUT2D eigenvalue weighted by Gasteiger charge is -2.05. The second kappa shape index (κ2) is 4.07. The van der Waals surface area contributed by atoms with Crippen LogP contribution in [0.1, 0.15) is 12.5 Å². The van der Waals surface area contributed by atoms with Gasteiger partial charge in [-0.1, -0.05) is 42.8 Å². The van der Waals surface area contributed by atoms with E-state index in [-0.39, 0.29) is 0 Å². The fraction of sp³-hybridized carbons (Fsp3) is 0.250. The molecule has 0 aliphatic rings. The highest BCUT2D eigenvalue weighted by molar-refractivity contribution is 6.32. The van der Waals surface area contributed by atoms with Crippen molar-refractivity contribution in [1.29, 1.82) is 0 Å². The lowest BCUT2D eigenvalue weighted by atomic mass is 10.0. The molecule has 15 heavy (non-hydrogen) atoms. The van der Waals surface area contributed by atoms with Crippen LogP contribution in [-0.2, 0) is 13.5 Å². The quantitative estimate of drug-likeness (QED) is 0.760. The summed E-state index contributed by atoms with van der Waals surface area (Å²) in [7, 11) is 1.85. The van der Waals surface area contributed by atoms with E-state index >= 15 is 0 Å². The van der Waals surface area contributed by atoms with E-state index < -0.39 is 0 Å². The number of rotatable bonds is 2. The molecule has 0 N–H and O–H groups in total. The molecule has 0 saturated heterocycles. The molecule has 1 heterocycles. The highest BCUT2D eigenvalue weighted by Crippen LogP contribution is 2.29. The Hall–Kier alpha value is -1.28. The van der Waals surface area contributed by atoms with E-state index in [1.54, 1.807) is 4.68 Å². The van der Waals surface area contributed by atoms with Crippen molar-refractivity contribution in [3.05, 3.63) is 41.2 Å². The van der Waals surface area contributed by atoms with E-state index in [2.05, 4.69) is 24.2 Å². The standard InChI is InChI=1S/C12H13ClN2/c1-3-9-6-4-5-7-10(9)11-8-14-15(2)12(11)13/h4-8H,3H2,1-2H3. The SMILES string of the molecule is CCc1ccccc1-c1cnn(C)c1Cl. The van der Waals surface area contributed by atoms with Gasteiger partial charge in [0.2, 0.25) is 0 Å². The zero-order chi connectivity index (χ0) is 10.8. The molecule has 0 amide bonds. The van der Waals surface area contributed by atoms with Crippen LogP contribution in [0.3, 0.4) is 0 Å². The lowest BCUT2D eigenvalue weighted by molar-refractivity contribution is 0.769. The molecule has 2 rings (SSSR count). The Kier molecular flexibility index (Phi) is 2.78. The summed E-state index contributed by atoms with van der Waals surface area (Å²) < 4.78 is 1.68. The molecule has 0 fully saturated rings. The number of aryl methyl sites for hydroxylation is 2. The Morgan fingerprint density at radius 2 is 2.00 bits per heavy atom. The molecule has 78 valence electrons. The number of aromatic nitrogens is 2. The normalized spacial score (nSPS) is 10.6.